The van der Waals surface area contributed by atoms with Crippen molar-refractivity contribution in [3.63, 3.8) is 0 Å². The van der Waals surface area contributed by atoms with Crippen molar-refractivity contribution in [1.29, 1.82) is 0 Å². The van der Waals surface area contributed by atoms with Crippen LogP contribution in [0.25, 0.3) is 11.0 Å². The molecule has 0 atom stereocenters. The van der Waals surface area contributed by atoms with Crippen LogP contribution in [0.15, 0.2) is 18.2 Å². The van der Waals surface area contributed by atoms with Crippen LogP contribution in [-0.4, -0.2) is 15.8 Å². The Hall–Kier alpha value is -1.16. The highest BCUT2D eigenvalue weighted by Crippen LogP contribution is 2.19. The number of rotatable bonds is 1. The lowest BCUT2D eigenvalue weighted by atomic mass is 10.3. The summed E-state index contributed by atoms with van der Waals surface area (Å²) in [7, 11) is 1.88. The second-order valence-electron chi connectivity index (χ2n) is 2.19. The third kappa shape index (κ3) is 0.952. The Morgan fingerprint density at radius 1 is 1.36 bits per heavy atom. The summed E-state index contributed by atoms with van der Waals surface area (Å²) in [6, 6.07) is 5.92. The molecule has 0 aliphatic heterocycles. The third-order valence-corrected chi connectivity index (χ3v) is 2.10. The van der Waals surface area contributed by atoms with Gasteiger partial charge < -0.3 is 5.32 Å². The van der Waals surface area contributed by atoms with Crippen molar-refractivity contribution in [3.8, 4) is 0 Å². The van der Waals surface area contributed by atoms with Gasteiger partial charge >= 0.3 is 0 Å². The fraction of sp³-hybridized carbons (Fsp3) is 0.143. The first-order valence-corrected chi connectivity index (χ1v) is 4.04. The molecule has 0 spiro atoms. The van der Waals surface area contributed by atoms with Gasteiger partial charge in [-0.25, -0.2) is 0 Å². The Balaban J connectivity index is 2.79. The van der Waals surface area contributed by atoms with Gasteiger partial charge in [-0.3, -0.25) is 0 Å². The number of anilines is 1. The molecule has 4 heteroatoms. The van der Waals surface area contributed by atoms with E-state index in [1.165, 1.54) is 11.7 Å². The lowest BCUT2D eigenvalue weighted by molar-refractivity contribution is 1.52. The van der Waals surface area contributed by atoms with E-state index < -0.39 is 0 Å². The summed E-state index contributed by atoms with van der Waals surface area (Å²) in [6.07, 6.45) is 0. The number of benzene rings is 1. The SMILES string of the molecule is CNc1cccc2nsnc12. The molecule has 0 aliphatic carbocycles. The highest BCUT2D eigenvalue weighted by molar-refractivity contribution is 7.00. The fourth-order valence-electron chi connectivity index (χ4n) is 1.01. The Labute approximate surface area is 68.4 Å². The molecule has 1 aromatic heterocycles. The van der Waals surface area contributed by atoms with Gasteiger partial charge in [0.15, 0.2) is 0 Å². The van der Waals surface area contributed by atoms with Crippen molar-refractivity contribution in [1.82, 2.24) is 8.75 Å². The summed E-state index contributed by atoms with van der Waals surface area (Å²) in [6.45, 7) is 0. The van der Waals surface area contributed by atoms with E-state index in [-0.39, 0.29) is 0 Å². The van der Waals surface area contributed by atoms with Crippen molar-refractivity contribution in [2.45, 2.75) is 0 Å². The molecule has 0 saturated carbocycles. The number of nitrogens with one attached hydrogen (secondary N) is 1. The van der Waals surface area contributed by atoms with Crippen LogP contribution in [0.3, 0.4) is 0 Å². The number of hydrogen-bond acceptors (Lipinski definition) is 4. The molecule has 0 aliphatic rings. The number of aromatic nitrogens is 2. The second kappa shape index (κ2) is 2.47. The van der Waals surface area contributed by atoms with Gasteiger partial charge in [-0.2, -0.15) is 8.75 Å². The monoisotopic (exact) mass is 165 g/mol. The van der Waals surface area contributed by atoms with Crippen molar-refractivity contribution < 1.29 is 0 Å². The summed E-state index contributed by atoms with van der Waals surface area (Å²) in [4.78, 5) is 0. The van der Waals surface area contributed by atoms with Gasteiger partial charge in [-0.15, -0.1) is 0 Å². The molecule has 0 fully saturated rings. The quantitative estimate of drug-likeness (QED) is 0.699. The number of fused-ring (bicyclic) bond motifs is 1. The van der Waals surface area contributed by atoms with E-state index in [2.05, 4.69) is 14.1 Å². The summed E-state index contributed by atoms with van der Waals surface area (Å²) >= 11 is 1.24. The molecular formula is C7H7N3S. The van der Waals surface area contributed by atoms with Crippen LogP contribution in [0, 0.1) is 0 Å². The van der Waals surface area contributed by atoms with Crippen molar-refractivity contribution in [2.75, 3.05) is 12.4 Å². The normalized spacial score (nSPS) is 10.3. The van der Waals surface area contributed by atoms with Gasteiger partial charge in [-0.05, 0) is 12.1 Å². The molecule has 0 amide bonds. The zero-order valence-electron chi connectivity index (χ0n) is 6.03. The van der Waals surface area contributed by atoms with Crippen LogP contribution in [0.4, 0.5) is 5.69 Å². The molecule has 0 unspecified atom stereocenters. The van der Waals surface area contributed by atoms with Crippen molar-refractivity contribution in [2.24, 2.45) is 0 Å². The van der Waals surface area contributed by atoms with E-state index in [4.69, 9.17) is 0 Å². The van der Waals surface area contributed by atoms with Gasteiger partial charge in [0.2, 0.25) is 0 Å². The minimum absolute atomic E-state index is 0.958. The molecule has 1 heterocycles. The third-order valence-electron chi connectivity index (χ3n) is 1.56. The lowest BCUT2D eigenvalue weighted by Crippen LogP contribution is -1.87. The Kier molecular flexibility index (Phi) is 1.47. The van der Waals surface area contributed by atoms with Crippen LogP contribution in [-0.2, 0) is 0 Å². The largest absolute Gasteiger partial charge is 0.386 e. The minimum atomic E-state index is 0.958. The summed E-state index contributed by atoms with van der Waals surface area (Å²) in [5.74, 6) is 0. The smallest absolute Gasteiger partial charge is 0.127 e. The van der Waals surface area contributed by atoms with Gasteiger partial charge in [-0.1, -0.05) is 6.07 Å². The first kappa shape index (κ1) is 6.54. The highest BCUT2D eigenvalue weighted by Gasteiger charge is 2.00. The average Bonchev–Trinajstić information content (AvgIpc) is 2.50. The Bertz CT molecular complexity index is 368. The first-order valence-electron chi connectivity index (χ1n) is 3.31. The topological polar surface area (TPSA) is 37.8 Å². The van der Waals surface area contributed by atoms with Gasteiger partial charge in [0.05, 0.1) is 17.4 Å². The molecule has 0 radical (unpaired) electrons. The number of nitrogens with zero attached hydrogens (tertiary/aromatic N) is 2. The molecule has 2 aromatic rings. The van der Waals surface area contributed by atoms with Crippen molar-refractivity contribution in [3.05, 3.63) is 18.2 Å². The molecule has 56 valence electrons. The average molecular weight is 165 g/mol. The van der Waals surface area contributed by atoms with E-state index in [0.717, 1.165) is 16.7 Å². The van der Waals surface area contributed by atoms with Crippen LogP contribution >= 0.6 is 11.7 Å². The molecule has 0 saturated heterocycles. The molecule has 11 heavy (non-hydrogen) atoms. The van der Waals surface area contributed by atoms with E-state index in [1.807, 2.05) is 25.2 Å². The highest BCUT2D eigenvalue weighted by atomic mass is 32.1. The second-order valence-corrected chi connectivity index (χ2v) is 2.72. The van der Waals surface area contributed by atoms with E-state index >= 15 is 0 Å². The summed E-state index contributed by atoms with van der Waals surface area (Å²) < 4.78 is 8.28. The fourth-order valence-corrected chi connectivity index (χ4v) is 1.56. The molecule has 2 rings (SSSR count). The number of hydrogen-bond donors (Lipinski definition) is 1. The van der Waals surface area contributed by atoms with Crippen LogP contribution in [0.1, 0.15) is 0 Å². The molecule has 3 nitrogen and oxygen atoms in total. The minimum Gasteiger partial charge on any atom is -0.386 e. The molecule has 1 aromatic carbocycles. The lowest BCUT2D eigenvalue weighted by Gasteiger charge is -1.97. The predicted molar refractivity (Wildman–Crippen MR) is 47.0 cm³/mol. The van der Waals surface area contributed by atoms with Gasteiger partial charge in [0, 0.05) is 7.05 Å². The van der Waals surface area contributed by atoms with Gasteiger partial charge in [0.25, 0.3) is 0 Å². The zero-order valence-corrected chi connectivity index (χ0v) is 6.85. The van der Waals surface area contributed by atoms with Crippen LogP contribution < -0.4 is 5.32 Å². The van der Waals surface area contributed by atoms with E-state index in [0.29, 0.717) is 0 Å². The van der Waals surface area contributed by atoms with E-state index in [9.17, 15) is 0 Å². The molecule has 0 bridgehead atoms. The maximum Gasteiger partial charge on any atom is 0.127 e. The maximum atomic E-state index is 4.16. The van der Waals surface area contributed by atoms with Gasteiger partial charge in [0.1, 0.15) is 11.0 Å². The molecular weight excluding hydrogens is 158 g/mol. The Morgan fingerprint density at radius 2 is 2.27 bits per heavy atom. The van der Waals surface area contributed by atoms with Crippen LogP contribution in [0.5, 0.6) is 0 Å². The standard InChI is InChI=1S/C7H7N3S/c1-8-5-3-2-4-6-7(5)10-11-9-6/h2-4,8H,1H3. The molecule has 1 N–H and O–H groups in total. The van der Waals surface area contributed by atoms with Crippen LogP contribution in [0.2, 0.25) is 0 Å². The predicted octanol–water partition coefficient (Wildman–Crippen LogP) is 1.73. The van der Waals surface area contributed by atoms with E-state index in [1.54, 1.807) is 0 Å². The summed E-state index contributed by atoms with van der Waals surface area (Å²) in [5.41, 5.74) is 2.96. The van der Waals surface area contributed by atoms with Crippen molar-refractivity contribution >= 4 is 28.4 Å². The first-order chi connectivity index (χ1) is 5.42. The zero-order chi connectivity index (χ0) is 7.68. The Morgan fingerprint density at radius 3 is 3.09 bits per heavy atom. The maximum absolute atomic E-state index is 4.16. The summed E-state index contributed by atoms with van der Waals surface area (Å²) in [5, 5.41) is 3.06.